The molecule has 2 aromatic rings. The molecule has 0 amide bonds. The number of esters is 2. The summed E-state index contributed by atoms with van der Waals surface area (Å²) in [5.74, 6) is -0.797. The van der Waals surface area contributed by atoms with Gasteiger partial charge in [-0.1, -0.05) is 38.1 Å². The molecular formula is C24H24O5. The molecule has 2 bridgehead atoms. The third-order valence-electron chi connectivity index (χ3n) is 6.27. The summed E-state index contributed by atoms with van der Waals surface area (Å²) >= 11 is 0. The Balaban J connectivity index is 1.77. The van der Waals surface area contributed by atoms with E-state index in [4.69, 9.17) is 14.2 Å². The minimum atomic E-state index is -0.500. The SMILES string of the molecule is CCCOc1ccc(OCCC)c2c1C1c3ccccc3C2C2C(=O)OC(=O)C12. The standard InChI is InChI=1S/C24H24O5/c1-3-11-27-15-9-10-16(28-12-4-2)20-18-14-8-6-5-7-13(14)17(19(15)20)21-22(18)24(26)29-23(21)25/h5-10,17-18,21-22H,3-4,11-12H2,1-2H3. The third kappa shape index (κ3) is 2.53. The molecule has 4 unspecified atom stereocenters. The molecule has 0 N–H and O–H groups in total. The summed E-state index contributed by atoms with van der Waals surface area (Å²) in [5.41, 5.74) is 4.16. The lowest BCUT2D eigenvalue weighted by Gasteiger charge is -2.46. The Kier molecular flexibility index (Phi) is 4.34. The molecule has 3 aliphatic carbocycles. The molecule has 1 fully saturated rings. The van der Waals surface area contributed by atoms with Crippen LogP contribution in [-0.2, 0) is 14.3 Å². The Morgan fingerprint density at radius 1 is 0.759 bits per heavy atom. The predicted octanol–water partition coefficient (Wildman–Crippen LogP) is 4.17. The highest BCUT2D eigenvalue weighted by Gasteiger charge is 2.62. The van der Waals surface area contributed by atoms with Crippen LogP contribution in [0.1, 0.15) is 60.8 Å². The molecule has 29 heavy (non-hydrogen) atoms. The highest BCUT2D eigenvalue weighted by Crippen LogP contribution is 2.64. The van der Waals surface area contributed by atoms with Gasteiger partial charge in [-0.25, -0.2) is 0 Å². The lowest BCUT2D eigenvalue weighted by molar-refractivity contribution is -0.153. The first-order valence-electron chi connectivity index (χ1n) is 10.4. The molecular weight excluding hydrogens is 368 g/mol. The number of hydrogen-bond donors (Lipinski definition) is 0. The summed E-state index contributed by atoms with van der Waals surface area (Å²) in [4.78, 5) is 25.4. The lowest BCUT2D eigenvalue weighted by atomic mass is 9.54. The van der Waals surface area contributed by atoms with Crippen LogP contribution in [0.5, 0.6) is 11.5 Å². The average molecular weight is 392 g/mol. The maximum absolute atomic E-state index is 12.7. The highest BCUT2D eigenvalue weighted by atomic mass is 16.6. The number of benzene rings is 2. The molecule has 0 saturated carbocycles. The van der Waals surface area contributed by atoms with Gasteiger partial charge in [0.05, 0.1) is 25.0 Å². The molecule has 5 heteroatoms. The molecule has 1 saturated heterocycles. The summed E-state index contributed by atoms with van der Waals surface area (Å²) in [5, 5.41) is 0. The number of carbonyl (C=O) groups excluding carboxylic acids is 2. The Bertz CT molecular complexity index is 917. The number of ether oxygens (including phenoxy) is 3. The number of hydrogen-bond acceptors (Lipinski definition) is 5. The molecule has 5 nitrogen and oxygen atoms in total. The van der Waals surface area contributed by atoms with Crippen LogP contribution in [0.25, 0.3) is 0 Å². The van der Waals surface area contributed by atoms with E-state index in [1.54, 1.807) is 0 Å². The van der Waals surface area contributed by atoms with Crippen molar-refractivity contribution in [2.75, 3.05) is 13.2 Å². The van der Waals surface area contributed by atoms with Crippen LogP contribution in [0.3, 0.4) is 0 Å². The van der Waals surface area contributed by atoms with Gasteiger partial charge < -0.3 is 14.2 Å². The average Bonchev–Trinajstić information content (AvgIpc) is 3.05. The summed E-state index contributed by atoms with van der Waals surface area (Å²) in [7, 11) is 0. The molecule has 1 heterocycles. The zero-order chi connectivity index (χ0) is 20.1. The van der Waals surface area contributed by atoms with Gasteiger partial charge in [0.15, 0.2) is 0 Å². The van der Waals surface area contributed by atoms with Gasteiger partial charge >= 0.3 is 11.9 Å². The largest absolute Gasteiger partial charge is 0.493 e. The van der Waals surface area contributed by atoms with Gasteiger partial charge in [-0.05, 0) is 36.1 Å². The van der Waals surface area contributed by atoms with E-state index in [0.717, 1.165) is 46.6 Å². The van der Waals surface area contributed by atoms with Crippen molar-refractivity contribution < 1.29 is 23.8 Å². The molecule has 6 rings (SSSR count). The quantitative estimate of drug-likeness (QED) is 0.545. The van der Waals surface area contributed by atoms with Gasteiger partial charge in [0, 0.05) is 23.0 Å². The van der Waals surface area contributed by atoms with Crippen molar-refractivity contribution in [2.24, 2.45) is 11.8 Å². The van der Waals surface area contributed by atoms with Crippen molar-refractivity contribution >= 4 is 11.9 Å². The van der Waals surface area contributed by atoms with Crippen molar-refractivity contribution in [1.82, 2.24) is 0 Å². The van der Waals surface area contributed by atoms with Gasteiger partial charge in [-0.2, -0.15) is 0 Å². The summed E-state index contributed by atoms with van der Waals surface area (Å²) in [6.07, 6.45) is 1.78. The number of cyclic esters (lactones) is 2. The fraction of sp³-hybridized carbons (Fsp3) is 0.417. The van der Waals surface area contributed by atoms with Crippen molar-refractivity contribution in [2.45, 2.75) is 38.5 Å². The zero-order valence-electron chi connectivity index (χ0n) is 16.6. The Hall–Kier alpha value is -2.82. The smallest absolute Gasteiger partial charge is 0.318 e. The second-order valence-corrected chi connectivity index (χ2v) is 7.96. The number of carbonyl (C=O) groups is 2. The van der Waals surface area contributed by atoms with Crippen LogP contribution in [0, 0.1) is 11.8 Å². The number of rotatable bonds is 6. The first-order valence-corrected chi connectivity index (χ1v) is 10.4. The van der Waals surface area contributed by atoms with Crippen molar-refractivity contribution in [3.8, 4) is 11.5 Å². The van der Waals surface area contributed by atoms with E-state index < -0.39 is 23.8 Å². The van der Waals surface area contributed by atoms with Gasteiger partial charge in [-0.15, -0.1) is 0 Å². The second-order valence-electron chi connectivity index (χ2n) is 7.96. The fourth-order valence-corrected chi connectivity index (χ4v) is 5.26. The maximum Gasteiger partial charge on any atom is 0.318 e. The van der Waals surface area contributed by atoms with E-state index in [2.05, 4.69) is 26.0 Å². The molecule has 0 radical (unpaired) electrons. The topological polar surface area (TPSA) is 61.8 Å². The molecule has 0 spiro atoms. The van der Waals surface area contributed by atoms with Gasteiger partial charge in [0.2, 0.25) is 0 Å². The second kappa shape index (κ2) is 6.90. The molecule has 1 aliphatic heterocycles. The van der Waals surface area contributed by atoms with Crippen LogP contribution in [0.15, 0.2) is 36.4 Å². The monoisotopic (exact) mass is 392 g/mol. The van der Waals surface area contributed by atoms with Crippen LogP contribution in [-0.4, -0.2) is 25.2 Å². The molecule has 4 atom stereocenters. The van der Waals surface area contributed by atoms with Gasteiger partial charge in [-0.3, -0.25) is 9.59 Å². The predicted molar refractivity (Wildman–Crippen MR) is 106 cm³/mol. The van der Waals surface area contributed by atoms with Gasteiger partial charge in [0.1, 0.15) is 11.5 Å². The normalized spacial score (nSPS) is 25.9. The maximum atomic E-state index is 12.7. The molecule has 150 valence electrons. The van der Waals surface area contributed by atoms with Crippen LogP contribution >= 0.6 is 0 Å². The Labute approximate surface area is 170 Å². The molecule has 2 aromatic carbocycles. The van der Waals surface area contributed by atoms with E-state index >= 15 is 0 Å². The van der Waals surface area contributed by atoms with E-state index in [0.29, 0.717) is 13.2 Å². The summed E-state index contributed by atoms with van der Waals surface area (Å²) in [6, 6.07) is 12.0. The minimum Gasteiger partial charge on any atom is -0.493 e. The minimum absolute atomic E-state index is 0.257. The van der Waals surface area contributed by atoms with E-state index in [1.807, 2.05) is 24.3 Å². The van der Waals surface area contributed by atoms with E-state index in [1.165, 1.54) is 0 Å². The first-order chi connectivity index (χ1) is 14.2. The van der Waals surface area contributed by atoms with Crippen molar-refractivity contribution in [3.05, 3.63) is 58.7 Å². The van der Waals surface area contributed by atoms with Crippen LogP contribution in [0.4, 0.5) is 0 Å². The zero-order valence-corrected chi connectivity index (χ0v) is 16.6. The lowest BCUT2D eigenvalue weighted by Crippen LogP contribution is -2.42. The fourth-order valence-electron chi connectivity index (χ4n) is 5.26. The molecule has 0 aromatic heterocycles. The molecule has 4 aliphatic rings. The van der Waals surface area contributed by atoms with Gasteiger partial charge in [0.25, 0.3) is 0 Å². The van der Waals surface area contributed by atoms with Crippen LogP contribution in [0.2, 0.25) is 0 Å². The van der Waals surface area contributed by atoms with Crippen molar-refractivity contribution in [3.63, 3.8) is 0 Å². The van der Waals surface area contributed by atoms with E-state index in [-0.39, 0.29) is 11.8 Å². The highest BCUT2D eigenvalue weighted by molar-refractivity contribution is 6.00. The Morgan fingerprint density at radius 2 is 1.21 bits per heavy atom. The van der Waals surface area contributed by atoms with Crippen molar-refractivity contribution in [1.29, 1.82) is 0 Å². The van der Waals surface area contributed by atoms with Crippen LogP contribution < -0.4 is 9.47 Å². The summed E-state index contributed by atoms with van der Waals surface area (Å²) < 4.78 is 17.3. The first kappa shape index (κ1) is 18.2. The van der Waals surface area contributed by atoms with E-state index in [9.17, 15) is 9.59 Å². The third-order valence-corrected chi connectivity index (χ3v) is 6.27. The summed E-state index contributed by atoms with van der Waals surface area (Å²) in [6.45, 7) is 5.32. The Morgan fingerprint density at radius 3 is 1.62 bits per heavy atom.